The topological polar surface area (TPSA) is 13.1 Å². The summed E-state index contributed by atoms with van der Waals surface area (Å²) in [6.07, 6.45) is 0. The van der Waals surface area contributed by atoms with E-state index in [9.17, 15) is 0 Å². The fourth-order valence-corrected chi connectivity index (χ4v) is 2.34. The molecule has 1 aromatic heterocycles. The number of hydrogen-bond donors (Lipinski definition) is 0. The van der Waals surface area contributed by atoms with Crippen LogP contribution in [0.25, 0.3) is 21.9 Å². The molecule has 0 saturated heterocycles. The third-order valence-corrected chi connectivity index (χ3v) is 3.25. The summed E-state index contributed by atoms with van der Waals surface area (Å²) >= 11 is 0. The Morgan fingerprint density at radius 3 is 2.25 bits per heavy atom. The van der Waals surface area contributed by atoms with Crippen molar-refractivity contribution in [2.24, 2.45) is 0 Å². The molecule has 1 heterocycles. The number of aryl methyl sites for hydroxylation is 3. The van der Waals surface area contributed by atoms with Crippen molar-refractivity contribution in [2.75, 3.05) is 0 Å². The number of hydrogen-bond acceptors (Lipinski definition) is 1. The smallest absolute Gasteiger partial charge is 0.138 e. The highest BCUT2D eigenvalue weighted by atomic mass is 16.3. The van der Waals surface area contributed by atoms with Crippen LogP contribution in [0.5, 0.6) is 0 Å². The molecule has 1 nitrogen and oxygen atoms in total. The van der Waals surface area contributed by atoms with Crippen LogP contribution < -0.4 is 0 Å². The van der Waals surface area contributed by atoms with Gasteiger partial charge in [0.15, 0.2) is 0 Å². The highest BCUT2D eigenvalue weighted by Crippen LogP contribution is 2.34. The minimum atomic E-state index is 1.02. The molecule has 2 aromatic carbocycles. The standard InChI is InChI=1S/C15H14O/c1-9-7-8-11(3)15-13(9)12-6-4-5-10(2)14(12)16-15/h4-8H,1-3H3. The second kappa shape index (κ2) is 3.11. The van der Waals surface area contributed by atoms with Gasteiger partial charge in [-0.1, -0.05) is 30.3 Å². The van der Waals surface area contributed by atoms with Crippen LogP contribution in [0, 0.1) is 20.8 Å². The summed E-state index contributed by atoms with van der Waals surface area (Å²) in [5, 5.41) is 2.50. The molecule has 0 fully saturated rings. The maximum atomic E-state index is 5.99. The summed E-state index contributed by atoms with van der Waals surface area (Å²) in [5.41, 5.74) is 5.74. The maximum Gasteiger partial charge on any atom is 0.138 e. The van der Waals surface area contributed by atoms with Crippen LogP contribution in [0.3, 0.4) is 0 Å². The molecule has 0 spiro atoms. The molecule has 0 radical (unpaired) electrons. The van der Waals surface area contributed by atoms with Crippen molar-refractivity contribution >= 4 is 21.9 Å². The second-order valence-corrected chi connectivity index (χ2v) is 4.46. The molecule has 0 amide bonds. The van der Waals surface area contributed by atoms with Gasteiger partial charge in [0, 0.05) is 10.8 Å². The predicted molar refractivity (Wildman–Crippen MR) is 67.9 cm³/mol. The van der Waals surface area contributed by atoms with Crippen LogP contribution >= 0.6 is 0 Å². The summed E-state index contributed by atoms with van der Waals surface area (Å²) in [6, 6.07) is 10.6. The van der Waals surface area contributed by atoms with Crippen LogP contribution in [0.15, 0.2) is 34.7 Å². The fraction of sp³-hybridized carbons (Fsp3) is 0.200. The molecule has 0 atom stereocenters. The van der Waals surface area contributed by atoms with Crippen LogP contribution in [0.4, 0.5) is 0 Å². The van der Waals surface area contributed by atoms with E-state index in [1.54, 1.807) is 0 Å². The molecule has 1 heteroatoms. The van der Waals surface area contributed by atoms with Gasteiger partial charge in [-0.25, -0.2) is 0 Å². The molecule has 0 saturated carbocycles. The van der Waals surface area contributed by atoms with Crippen molar-refractivity contribution in [2.45, 2.75) is 20.8 Å². The lowest BCUT2D eigenvalue weighted by molar-refractivity contribution is 0.662. The predicted octanol–water partition coefficient (Wildman–Crippen LogP) is 4.51. The minimum Gasteiger partial charge on any atom is -0.455 e. The quantitative estimate of drug-likeness (QED) is 0.532. The van der Waals surface area contributed by atoms with Crippen molar-refractivity contribution in [3.63, 3.8) is 0 Å². The van der Waals surface area contributed by atoms with Gasteiger partial charge in [0.1, 0.15) is 11.2 Å². The molecule has 0 aliphatic rings. The van der Waals surface area contributed by atoms with E-state index in [2.05, 4.69) is 51.1 Å². The summed E-state index contributed by atoms with van der Waals surface area (Å²) in [7, 11) is 0. The first-order valence-corrected chi connectivity index (χ1v) is 5.56. The molecule has 16 heavy (non-hydrogen) atoms. The third-order valence-electron chi connectivity index (χ3n) is 3.25. The van der Waals surface area contributed by atoms with Crippen molar-refractivity contribution in [1.82, 2.24) is 0 Å². The van der Waals surface area contributed by atoms with Crippen LogP contribution in [0.1, 0.15) is 16.7 Å². The van der Waals surface area contributed by atoms with E-state index in [0.29, 0.717) is 0 Å². The molecule has 0 aliphatic heterocycles. The van der Waals surface area contributed by atoms with Crippen molar-refractivity contribution in [1.29, 1.82) is 0 Å². The second-order valence-electron chi connectivity index (χ2n) is 4.46. The van der Waals surface area contributed by atoms with Gasteiger partial charge in [-0.15, -0.1) is 0 Å². The number of rotatable bonds is 0. The van der Waals surface area contributed by atoms with E-state index in [-0.39, 0.29) is 0 Å². The minimum absolute atomic E-state index is 1.02. The van der Waals surface area contributed by atoms with Crippen molar-refractivity contribution < 1.29 is 4.42 Å². The number of furan rings is 1. The zero-order valence-corrected chi connectivity index (χ0v) is 9.79. The zero-order chi connectivity index (χ0) is 11.3. The summed E-state index contributed by atoms with van der Waals surface area (Å²) in [4.78, 5) is 0. The SMILES string of the molecule is Cc1cccc2c1oc1c(C)ccc(C)c12. The average Bonchev–Trinajstić information content (AvgIpc) is 2.66. The van der Waals surface area contributed by atoms with Crippen LogP contribution in [-0.4, -0.2) is 0 Å². The summed E-state index contributed by atoms with van der Waals surface area (Å²) < 4.78 is 5.99. The Morgan fingerprint density at radius 1 is 0.750 bits per heavy atom. The Kier molecular flexibility index (Phi) is 1.84. The summed E-state index contributed by atoms with van der Waals surface area (Å²) in [6.45, 7) is 6.33. The Labute approximate surface area is 94.7 Å². The monoisotopic (exact) mass is 210 g/mol. The lowest BCUT2D eigenvalue weighted by Gasteiger charge is -1.97. The first-order chi connectivity index (χ1) is 7.68. The first kappa shape index (κ1) is 9.46. The lowest BCUT2D eigenvalue weighted by Crippen LogP contribution is -1.78. The largest absolute Gasteiger partial charge is 0.455 e. The number of benzene rings is 2. The molecule has 0 unspecified atom stereocenters. The Morgan fingerprint density at radius 2 is 1.44 bits per heavy atom. The number of para-hydroxylation sites is 1. The van der Waals surface area contributed by atoms with E-state index in [1.165, 1.54) is 27.5 Å². The van der Waals surface area contributed by atoms with Crippen molar-refractivity contribution in [3.05, 3.63) is 47.0 Å². The van der Waals surface area contributed by atoms with Gasteiger partial charge >= 0.3 is 0 Å². The molecular formula is C15H14O. The van der Waals surface area contributed by atoms with Gasteiger partial charge in [0.25, 0.3) is 0 Å². The molecule has 3 aromatic rings. The van der Waals surface area contributed by atoms with E-state index in [1.807, 2.05) is 0 Å². The molecule has 0 N–H and O–H groups in total. The molecule has 0 bridgehead atoms. The van der Waals surface area contributed by atoms with Gasteiger partial charge in [0.2, 0.25) is 0 Å². The van der Waals surface area contributed by atoms with Crippen LogP contribution in [0.2, 0.25) is 0 Å². The highest BCUT2D eigenvalue weighted by molar-refractivity contribution is 6.08. The fourth-order valence-electron chi connectivity index (χ4n) is 2.34. The van der Waals surface area contributed by atoms with Gasteiger partial charge in [-0.05, 0) is 37.5 Å². The van der Waals surface area contributed by atoms with E-state index < -0.39 is 0 Å². The van der Waals surface area contributed by atoms with E-state index in [4.69, 9.17) is 4.42 Å². The first-order valence-electron chi connectivity index (χ1n) is 5.56. The molecule has 3 rings (SSSR count). The number of fused-ring (bicyclic) bond motifs is 3. The average molecular weight is 210 g/mol. The van der Waals surface area contributed by atoms with Gasteiger partial charge < -0.3 is 4.42 Å². The zero-order valence-electron chi connectivity index (χ0n) is 9.79. The molecule has 0 aliphatic carbocycles. The van der Waals surface area contributed by atoms with Gasteiger partial charge in [-0.2, -0.15) is 0 Å². The van der Waals surface area contributed by atoms with Gasteiger partial charge in [-0.3, -0.25) is 0 Å². The van der Waals surface area contributed by atoms with Crippen LogP contribution in [-0.2, 0) is 0 Å². The lowest BCUT2D eigenvalue weighted by atomic mass is 10.0. The normalized spacial score (nSPS) is 11.4. The van der Waals surface area contributed by atoms with Crippen molar-refractivity contribution in [3.8, 4) is 0 Å². The highest BCUT2D eigenvalue weighted by Gasteiger charge is 2.11. The molecular weight excluding hydrogens is 196 g/mol. The summed E-state index contributed by atoms with van der Waals surface area (Å²) in [5.74, 6) is 0. The van der Waals surface area contributed by atoms with E-state index >= 15 is 0 Å². The Bertz CT molecular complexity index is 689. The molecule has 80 valence electrons. The maximum absolute atomic E-state index is 5.99. The Hall–Kier alpha value is -1.76. The Balaban J connectivity index is 2.66. The third kappa shape index (κ3) is 1.12. The van der Waals surface area contributed by atoms with Gasteiger partial charge in [0.05, 0.1) is 0 Å². The van der Waals surface area contributed by atoms with E-state index in [0.717, 1.165) is 11.2 Å².